The zero-order valence-corrected chi connectivity index (χ0v) is 17.0. The van der Waals surface area contributed by atoms with E-state index in [1.165, 1.54) is 0 Å². The Hall–Kier alpha value is -3.07. The molecule has 8 heteroatoms. The number of amides is 2. The summed E-state index contributed by atoms with van der Waals surface area (Å²) in [4.78, 5) is 39.7. The van der Waals surface area contributed by atoms with E-state index < -0.39 is 48.1 Å². The summed E-state index contributed by atoms with van der Waals surface area (Å²) in [5, 5.41) is 0. The Morgan fingerprint density at radius 2 is 1.58 bits per heavy atom. The Morgan fingerprint density at radius 1 is 0.968 bits per heavy atom. The first-order chi connectivity index (χ1) is 14.9. The molecule has 3 aliphatic heterocycles. The number of esters is 1. The number of hydrogen-bond donors (Lipinski definition) is 0. The predicted molar refractivity (Wildman–Crippen MR) is 106 cm³/mol. The molecule has 0 N–H and O–H groups in total. The highest BCUT2D eigenvalue weighted by Crippen LogP contribution is 2.41. The molecule has 5 rings (SSSR count). The van der Waals surface area contributed by atoms with Gasteiger partial charge in [-0.3, -0.25) is 14.5 Å². The molecule has 2 aromatic rings. The highest BCUT2D eigenvalue weighted by atomic mass is 16.8. The van der Waals surface area contributed by atoms with Crippen LogP contribution in [0.1, 0.15) is 44.9 Å². The first-order valence-corrected chi connectivity index (χ1v) is 10.1. The highest BCUT2D eigenvalue weighted by molar-refractivity contribution is 6.21. The van der Waals surface area contributed by atoms with Crippen LogP contribution in [0.4, 0.5) is 0 Å². The molecule has 3 heterocycles. The SMILES string of the molecule is CC1(C)O[C@H]2O[C@@H](COC(=O)c3ccccc3)[C@H](N3C(=O)c4ccccc4C3=O)[C@H]2O1. The summed E-state index contributed by atoms with van der Waals surface area (Å²) in [5.41, 5.74) is 1.05. The topological polar surface area (TPSA) is 91.4 Å². The zero-order chi connectivity index (χ0) is 21.8. The van der Waals surface area contributed by atoms with Gasteiger partial charge in [0.1, 0.15) is 24.9 Å². The number of benzene rings is 2. The molecule has 31 heavy (non-hydrogen) atoms. The van der Waals surface area contributed by atoms with Crippen LogP contribution in [0.15, 0.2) is 54.6 Å². The maximum absolute atomic E-state index is 13.1. The van der Waals surface area contributed by atoms with Gasteiger partial charge in [0.2, 0.25) is 0 Å². The van der Waals surface area contributed by atoms with Crippen LogP contribution in [0, 0.1) is 0 Å². The second-order valence-electron chi connectivity index (χ2n) is 8.12. The number of hydrogen-bond acceptors (Lipinski definition) is 7. The summed E-state index contributed by atoms with van der Waals surface area (Å²) >= 11 is 0. The maximum atomic E-state index is 13.1. The van der Waals surface area contributed by atoms with Gasteiger partial charge in [0.05, 0.1) is 16.7 Å². The quantitative estimate of drug-likeness (QED) is 0.551. The van der Waals surface area contributed by atoms with Gasteiger partial charge in [0.25, 0.3) is 11.8 Å². The number of fused-ring (bicyclic) bond motifs is 2. The molecule has 4 atom stereocenters. The van der Waals surface area contributed by atoms with Crippen LogP contribution in [0.5, 0.6) is 0 Å². The van der Waals surface area contributed by atoms with E-state index in [1.54, 1.807) is 68.4 Å². The van der Waals surface area contributed by atoms with E-state index in [4.69, 9.17) is 18.9 Å². The van der Waals surface area contributed by atoms with Gasteiger partial charge in [-0.25, -0.2) is 4.79 Å². The second-order valence-corrected chi connectivity index (χ2v) is 8.12. The van der Waals surface area contributed by atoms with Crippen molar-refractivity contribution in [2.45, 2.75) is 44.2 Å². The summed E-state index contributed by atoms with van der Waals surface area (Å²) < 4.78 is 23.2. The summed E-state index contributed by atoms with van der Waals surface area (Å²) in [6, 6.07) is 14.4. The van der Waals surface area contributed by atoms with Crippen molar-refractivity contribution in [1.29, 1.82) is 0 Å². The Balaban J connectivity index is 1.41. The fourth-order valence-electron chi connectivity index (χ4n) is 4.30. The molecule has 0 saturated carbocycles. The molecular formula is C23H21NO7. The van der Waals surface area contributed by atoms with Gasteiger partial charge < -0.3 is 18.9 Å². The molecule has 8 nitrogen and oxygen atoms in total. The molecule has 0 aromatic heterocycles. The third kappa shape index (κ3) is 3.33. The van der Waals surface area contributed by atoms with Gasteiger partial charge in [0.15, 0.2) is 12.1 Å². The molecule has 0 radical (unpaired) electrons. The minimum absolute atomic E-state index is 0.161. The summed E-state index contributed by atoms with van der Waals surface area (Å²) in [7, 11) is 0. The Labute approximate surface area is 178 Å². The van der Waals surface area contributed by atoms with Crippen LogP contribution >= 0.6 is 0 Å². The molecule has 0 aliphatic carbocycles. The van der Waals surface area contributed by atoms with Crippen molar-refractivity contribution in [2.24, 2.45) is 0 Å². The molecular weight excluding hydrogens is 402 g/mol. The van der Waals surface area contributed by atoms with Crippen molar-refractivity contribution in [1.82, 2.24) is 4.90 Å². The average molecular weight is 423 g/mol. The third-order valence-electron chi connectivity index (χ3n) is 5.63. The summed E-state index contributed by atoms with van der Waals surface area (Å²) in [6.07, 6.45) is -2.27. The minimum Gasteiger partial charge on any atom is -0.459 e. The lowest BCUT2D eigenvalue weighted by molar-refractivity contribution is -0.212. The number of imide groups is 1. The monoisotopic (exact) mass is 423 g/mol. The van der Waals surface area contributed by atoms with Crippen molar-refractivity contribution < 1.29 is 33.3 Å². The van der Waals surface area contributed by atoms with Crippen LogP contribution in [0.3, 0.4) is 0 Å². The molecule has 2 fully saturated rings. The Kier molecular flexibility index (Phi) is 4.65. The van der Waals surface area contributed by atoms with Crippen molar-refractivity contribution >= 4 is 17.8 Å². The van der Waals surface area contributed by atoms with Gasteiger partial charge in [0, 0.05) is 0 Å². The third-order valence-corrected chi connectivity index (χ3v) is 5.63. The first kappa shape index (κ1) is 19.9. The largest absolute Gasteiger partial charge is 0.459 e. The summed E-state index contributed by atoms with van der Waals surface area (Å²) in [5.74, 6) is -2.31. The lowest BCUT2D eigenvalue weighted by Gasteiger charge is -2.30. The first-order valence-electron chi connectivity index (χ1n) is 10.1. The predicted octanol–water partition coefficient (Wildman–Crippen LogP) is 2.38. The van der Waals surface area contributed by atoms with Gasteiger partial charge in [-0.2, -0.15) is 0 Å². The minimum atomic E-state index is -0.933. The molecule has 0 spiro atoms. The van der Waals surface area contributed by atoms with Crippen molar-refractivity contribution in [2.75, 3.05) is 6.61 Å². The van der Waals surface area contributed by atoms with Gasteiger partial charge in [-0.15, -0.1) is 0 Å². The fraction of sp³-hybridized carbons (Fsp3) is 0.348. The van der Waals surface area contributed by atoms with E-state index in [0.29, 0.717) is 16.7 Å². The van der Waals surface area contributed by atoms with Crippen LogP contribution in [-0.2, 0) is 18.9 Å². The van der Waals surface area contributed by atoms with E-state index in [1.807, 2.05) is 0 Å². The average Bonchev–Trinajstić information content (AvgIpc) is 3.32. The number of nitrogens with zero attached hydrogens (tertiary/aromatic N) is 1. The molecule has 0 unspecified atom stereocenters. The number of carbonyl (C=O) groups excluding carboxylic acids is 3. The molecule has 3 aliphatic rings. The smallest absolute Gasteiger partial charge is 0.338 e. The van der Waals surface area contributed by atoms with E-state index in [0.717, 1.165) is 4.90 Å². The summed E-state index contributed by atoms with van der Waals surface area (Å²) in [6.45, 7) is 3.31. The molecule has 160 valence electrons. The van der Waals surface area contributed by atoms with Gasteiger partial charge >= 0.3 is 5.97 Å². The number of rotatable bonds is 4. The molecule has 2 aromatic carbocycles. The van der Waals surface area contributed by atoms with Crippen molar-refractivity contribution in [3.8, 4) is 0 Å². The van der Waals surface area contributed by atoms with E-state index in [-0.39, 0.29) is 6.61 Å². The Bertz CT molecular complexity index is 1020. The standard InChI is InChI=1S/C23H21NO7/c1-23(2)30-18-17(24-19(25)14-10-6-7-11-15(14)20(24)26)16(29-22(18)31-23)12-28-21(27)13-8-4-3-5-9-13/h3-11,16-18,22H,12H2,1-2H3/t16-,17-,18+,22+/m0/s1. The molecule has 2 saturated heterocycles. The maximum Gasteiger partial charge on any atom is 0.338 e. The van der Waals surface area contributed by atoms with Crippen LogP contribution < -0.4 is 0 Å². The van der Waals surface area contributed by atoms with Crippen molar-refractivity contribution in [3.63, 3.8) is 0 Å². The fourth-order valence-corrected chi connectivity index (χ4v) is 4.30. The molecule has 0 bridgehead atoms. The van der Waals surface area contributed by atoms with Crippen molar-refractivity contribution in [3.05, 3.63) is 71.3 Å². The van der Waals surface area contributed by atoms with E-state index in [9.17, 15) is 14.4 Å². The second kappa shape index (κ2) is 7.26. The van der Waals surface area contributed by atoms with Crippen LogP contribution in [0.2, 0.25) is 0 Å². The van der Waals surface area contributed by atoms with Gasteiger partial charge in [-0.05, 0) is 38.1 Å². The molecule has 2 amide bonds. The zero-order valence-electron chi connectivity index (χ0n) is 17.0. The van der Waals surface area contributed by atoms with E-state index >= 15 is 0 Å². The number of carbonyl (C=O) groups is 3. The Morgan fingerprint density at radius 3 is 2.23 bits per heavy atom. The van der Waals surface area contributed by atoms with E-state index in [2.05, 4.69) is 0 Å². The number of ether oxygens (including phenoxy) is 4. The van der Waals surface area contributed by atoms with Gasteiger partial charge in [-0.1, -0.05) is 30.3 Å². The highest BCUT2D eigenvalue weighted by Gasteiger charge is 2.60. The van der Waals surface area contributed by atoms with Crippen LogP contribution in [-0.4, -0.2) is 59.6 Å². The lowest BCUT2D eigenvalue weighted by Crippen LogP contribution is -2.52. The lowest BCUT2D eigenvalue weighted by atomic mass is 10.1. The van der Waals surface area contributed by atoms with Crippen LogP contribution in [0.25, 0.3) is 0 Å². The normalized spacial score (nSPS) is 28.5.